The number of H-pyrrole nitrogens is 1. The van der Waals surface area contributed by atoms with Gasteiger partial charge in [-0.2, -0.15) is 5.10 Å². The second-order valence-corrected chi connectivity index (χ2v) is 6.95. The Labute approximate surface area is 146 Å². The number of amides is 1. The smallest absolute Gasteiger partial charge is 0.254 e. The van der Waals surface area contributed by atoms with Crippen LogP contribution in [0.4, 0.5) is 0 Å². The number of aliphatic hydroxyl groups is 1. The van der Waals surface area contributed by atoms with Gasteiger partial charge in [-0.05, 0) is 37.6 Å². The number of β-amino-alcohol motifs (C(OH)–C–C–N with tert-alkyl or cyclic N) is 1. The lowest BCUT2D eigenvalue weighted by molar-refractivity contribution is 0.0766. The van der Waals surface area contributed by atoms with Crippen molar-refractivity contribution in [3.8, 4) is 0 Å². The molecule has 6 heteroatoms. The van der Waals surface area contributed by atoms with Crippen molar-refractivity contribution in [3.05, 3.63) is 53.5 Å². The maximum absolute atomic E-state index is 13.0. The summed E-state index contributed by atoms with van der Waals surface area (Å²) < 4.78 is 2.01. The number of carbonyl (C=O) groups is 1. The number of fused-ring (bicyclic) bond motifs is 1. The zero-order valence-corrected chi connectivity index (χ0v) is 14.4. The molecule has 25 heavy (non-hydrogen) atoms. The molecule has 4 rings (SSSR count). The van der Waals surface area contributed by atoms with Crippen LogP contribution in [0.25, 0.3) is 10.9 Å². The van der Waals surface area contributed by atoms with Crippen LogP contribution < -0.4 is 0 Å². The number of nitrogens with zero attached hydrogens (tertiary/aromatic N) is 3. The Bertz CT molecular complexity index is 927. The van der Waals surface area contributed by atoms with Gasteiger partial charge in [-0.15, -0.1) is 0 Å². The summed E-state index contributed by atoms with van der Waals surface area (Å²) >= 11 is 0. The molecule has 0 aliphatic carbocycles. The topological polar surface area (TPSA) is 74.2 Å². The normalized spacial score (nSPS) is 20.5. The third kappa shape index (κ3) is 2.82. The number of rotatable bonds is 3. The van der Waals surface area contributed by atoms with Crippen molar-refractivity contribution in [1.82, 2.24) is 19.7 Å². The summed E-state index contributed by atoms with van der Waals surface area (Å²) in [5, 5.41) is 18.5. The van der Waals surface area contributed by atoms with Gasteiger partial charge in [0.15, 0.2) is 0 Å². The van der Waals surface area contributed by atoms with Crippen LogP contribution in [0.2, 0.25) is 0 Å². The number of hydrogen-bond acceptors (Lipinski definition) is 3. The number of carbonyl (C=O) groups excluding carboxylic acids is 1. The molecule has 2 atom stereocenters. The maximum Gasteiger partial charge on any atom is 0.254 e. The van der Waals surface area contributed by atoms with Crippen LogP contribution in [-0.2, 0) is 13.5 Å². The molecule has 1 fully saturated rings. The Balaban J connectivity index is 1.54. The molecule has 0 unspecified atom stereocenters. The van der Waals surface area contributed by atoms with E-state index < -0.39 is 6.10 Å². The predicted molar refractivity (Wildman–Crippen MR) is 95.3 cm³/mol. The molecular formula is C19H22N4O2. The summed E-state index contributed by atoms with van der Waals surface area (Å²) in [6.45, 7) is 2.88. The molecule has 1 saturated heterocycles. The Hall–Kier alpha value is -2.60. The quantitative estimate of drug-likeness (QED) is 0.766. The van der Waals surface area contributed by atoms with Crippen LogP contribution in [-0.4, -0.2) is 49.9 Å². The number of aliphatic hydroxyl groups excluding tert-OH is 1. The molecule has 1 aromatic carbocycles. The molecule has 3 aromatic rings. The van der Waals surface area contributed by atoms with Gasteiger partial charge in [0.25, 0.3) is 5.91 Å². The lowest BCUT2D eigenvalue weighted by atomic mass is 10.00. The molecule has 1 amide bonds. The van der Waals surface area contributed by atoms with E-state index in [4.69, 9.17) is 0 Å². The van der Waals surface area contributed by atoms with Crippen LogP contribution in [0.5, 0.6) is 0 Å². The molecular weight excluding hydrogens is 316 g/mol. The van der Waals surface area contributed by atoms with E-state index in [2.05, 4.69) is 10.2 Å². The first-order valence-corrected chi connectivity index (χ1v) is 8.55. The van der Waals surface area contributed by atoms with Crippen molar-refractivity contribution in [1.29, 1.82) is 0 Å². The van der Waals surface area contributed by atoms with Gasteiger partial charge in [0, 0.05) is 54.4 Å². The van der Waals surface area contributed by atoms with Crippen LogP contribution >= 0.6 is 0 Å². The van der Waals surface area contributed by atoms with Crippen molar-refractivity contribution in [2.24, 2.45) is 13.0 Å². The first-order chi connectivity index (χ1) is 12.0. The molecule has 1 aliphatic rings. The van der Waals surface area contributed by atoms with Gasteiger partial charge in [-0.25, -0.2) is 0 Å². The Kier molecular flexibility index (Phi) is 3.84. The number of benzene rings is 1. The third-order valence-corrected chi connectivity index (χ3v) is 5.08. The zero-order valence-electron chi connectivity index (χ0n) is 14.4. The first kappa shape index (κ1) is 15.9. The standard InChI is InChI=1S/C19H22N4O2/c1-12-8-14(21-20-12)9-13-10-23(11-18(13)24)19(25)16-4-3-5-17-15(16)6-7-22(17)2/h3-8,13,18,24H,9-11H2,1-2H3,(H,20,21)/t13-,18-/m1/s1. The fourth-order valence-electron chi connectivity index (χ4n) is 3.73. The minimum atomic E-state index is -0.518. The highest BCUT2D eigenvalue weighted by Crippen LogP contribution is 2.26. The largest absolute Gasteiger partial charge is 0.391 e. The Morgan fingerprint density at radius 1 is 1.36 bits per heavy atom. The second-order valence-electron chi connectivity index (χ2n) is 6.95. The summed E-state index contributed by atoms with van der Waals surface area (Å²) in [6, 6.07) is 9.74. The van der Waals surface area contributed by atoms with Crippen LogP contribution in [0, 0.1) is 12.8 Å². The summed E-state index contributed by atoms with van der Waals surface area (Å²) in [4.78, 5) is 14.8. The highest BCUT2D eigenvalue weighted by atomic mass is 16.3. The van der Waals surface area contributed by atoms with E-state index >= 15 is 0 Å². The van der Waals surface area contributed by atoms with Crippen molar-refractivity contribution < 1.29 is 9.90 Å². The second kappa shape index (κ2) is 6.04. The number of aryl methyl sites for hydroxylation is 2. The van der Waals surface area contributed by atoms with Gasteiger partial charge in [0.05, 0.1) is 11.8 Å². The van der Waals surface area contributed by atoms with E-state index in [0.717, 1.165) is 22.3 Å². The Morgan fingerprint density at radius 3 is 2.96 bits per heavy atom. The monoisotopic (exact) mass is 338 g/mol. The molecule has 3 heterocycles. The zero-order chi connectivity index (χ0) is 17.6. The highest BCUT2D eigenvalue weighted by Gasteiger charge is 2.35. The molecule has 2 N–H and O–H groups in total. The molecule has 0 radical (unpaired) electrons. The number of hydrogen-bond donors (Lipinski definition) is 2. The van der Waals surface area contributed by atoms with Gasteiger partial charge in [0.2, 0.25) is 0 Å². The molecule has 6 nitrogen and oxygen atoms in total. The van der Waals surface area contributed by atoms with Crippen molar-refractivity contribution in [2.45, 2.75) is 19.4 Å². The molecule has 130 valence electrons. The van der Waals surface area contributed by atoms with Crippen LogP contribution in [0.1, 0.15) is 21.7 Å². The molecule has 0 spiro atoms. The van der Waals surface area contributed by atoms with Gasteiger partial charge in [-0.1, -0.05) is 6.07 Å². The minimum Gasteiger partial charge on any atom is -0.391 e. The van der Waals surface area contributed by atoms with Gasteiger partial charge < -0.3 is 14.6 Å². The van der Waals surface area contributed by atoms with Crippen LogP contribution in [0.15, 0.2) is 36.5 Å². The maximum atomic E-state index is 13.0. The summed E-state index contributed by atoms with van der Waals surface area (Å²) in [5.74, 6) is -0.00168. The minimum absolute atomic E-state index is 0.0154. The number of nitrogens with one attached hydrogen (secondary N) is 1. The number of aromatic amines is 1. The van der Waals surface area contributed by atoms with Crippen LogP contribution in [0.3, 0.4) is 0 Å². The lowest BCUT2D eigenvalue weighted by Crippen LogP contribution is -2.29. The average Bonchev–Trinajstić information content (AvgIpc) is 3.28. The van der Waals surface area contributed by atoms with E-state index in [1.165, 1.54) is 0 Å². The molecule has 1 aliphatic heterocycles. The summed E-state index contributed by atoms with van der Waals surface area (Å²) in [7, 11) is 1.97. The number of likely N-dealkylation sites (tertiary alicyclic amines) is 1. The highest BCUT2D eigenvalue weighted by molar-refractivity contribution is 6.06. The van der Waals surface area contributed by atoms with E-state index in [9.17, 15) is 9.90 Å². The predicted octanol–water partition coefficient (Wildman–Crippen LogP) is 1.89. The van der Waals surface area contributed by atoms with Crippen molar-refractivity contribution in [2.75, 3.05) is 13.1 Å². The Morgan fingerprint density at radius 2 is 2.20 bits per heavy atom. The average molecular weight is 338 g/mol. The van der Waals surface area contributed by atoms with Crippen molar-refractivity contribution >= 4 is 16.8 Å². The van der Waals surface area contributed by atoms with E-state index in [-0.39, 0.29) is 11.8 Å². The number of aromatic nitrogens is 3. The van der Waals surface area contributed by atoms with Gasteiger partial charge in [-0.3, -0.25) is 9.89 Å². The van der Waals surface area contributed by atoms with E-state index in [1.807, 2.05) is 55.1 Å². The SMILES string of the molecule is Cc1cc(C[C@@H]2CN(C(=O)c3cccc4c3ccn4C)C[C@H]2O)n[nH]1. The molecule has 2 aromatic heterocycles. The van der Waals surface area contributed by atoms with Crippen molar-refractivity contribution in [3.63, 3.8) is 0 Å². The van der Waals surface area contributed by atoms with Gasteiger partial charge >= 0.3 is 0 Å². The summed E-state index contributed by atoms with van der Waals surface area (Å²) in [6.07, 6.45) is 2.12. The fraction of sp³-hybridized carbons (Fsp3) is 0.368. The molecule has 0 saturated carbocycles. The van der Waals surface area contributed by atoms with Gasteiger partial charge in [0.1, 0.15) is 0 Å². The summed E-state index contributed by atoms with van der Waals surface area (Å²) in [5.41, 5.74) is 3.67. The molecule has 0 bridgehead atoms. The van der Waals surface area contributed by atoms with E-state index in [1.54, 1.807) is 4.90 Å². The van der Waals surface area contributed by atoms with E-state index in [0.29, 0.717) is 25.1 Å². The fourth-order valence-corrected chi connectivity index (χ4v) is 3.73. The third-order valence-electron chi connectivity index (χ3n) is 5.08. The first-order valence-electron chi connectivity index (χ1n) is 8.55. The lowest BCUT2D eigenvalue weighted by Gasteiger charge is -2.16.